The molecule has 1 fully saturated rings. The molecule has 0 radical (unpaired) electrons. The van der Waals surface area contributed by atoms with Gasteiger partial charge in [0.1, 0.15) is 0 Å². The van der Waals surface area contributed by atoms with Gasteiger partial charge in [-0.3, -0.25) is 4.72 Å². The van der Waals surface area contributed by atoms with E-state index in [0.29, 0.717) is 11.3 Å². The average Bonchev–Trinajstić information content (AvgIpc) is 3.16. The number of hydrogen-bond acceptors (Lipinski definition) is 5. The van der Waals surface area contributed by atoms with E-state index in [1.807, 2.05) is 12.1 Å². The summed E-state index contributed by atoms with van der Waals surface area (Å²) >= 11 is 0. The number of anilines is 2. The molecule has 1 heterocycles. The summed E-state index contributed by atoms with van der Waals surface area (Å²) in [4.78, 5) is 14.0. The van der Waals surface area contributed by atoms with Gasteiger partial charge in [-0.25, -0.2) is 13.2 Å². The second kappa shape index (κ2) is 7.37. The van der Waals surface area contributed by atoms with Gasteiger partial charge in [0.25, 0.3) is 10.0 Å². The van der Waals surface area contributed by atoms with Gasteiger partial charge in [-0.1, -0.05) is 6.07 Å². The minimum absolute atomic E-state index is 0.0593. The number of aryl methyl sites for hydroxylation is 1. The Hall–Kier alpha value is -2.54. The topological polar surface area (TPSA) is 75.7 Å². The monoisotopic (exact) mass is 374 g/mol. The number of nitrogens with zero attached hydrogens (tertiary/aromatic N) is 1. The van der Waals surface area contributed by atoms with Gasteiger partial charge in [0, 0.05) is 24.5 Å². The van der Waals surface area contributed by atoms with Gasteiger partial charge in [-0.2, -0.15) is 0 Å². The second-order valence-electron chi connectivity index (χ2n) is 6.32. The van der Waals surface area contributed by atoms with Crippen LogP contribution in [0.3, 0.4) is 0 Å². The van der Waals surface area contributed by atoms with Crippen LogP contribution in [0.15, 0.2) is 47.4 Å². The number of benzene rings is 2. The Bertz CT molecular complexity index is 902. The maximum absolute atomic E-state index is 12.8. The normalized spacial score (nSPS) is 14.3. The second-order valence-corrected chi connectivity index (χ2v) is 7.97. The molecule has 26 heavy (non-hydrogen) atoms. The molecule has 3 rings (SSSR count). The Morgan fingerprint density at radius 2 is 1.73 bits per heavy atom. The molecule has 7 heteroatoms. The third-order valence-electron chi connectivity index (χ3n) is 4.49. The number of ether oxygens (including phenoxy) is 1. The molecular weight excluding hydrogens is 352 g/mol. The summed E-state index contributed by atoms with van der Waals surface area (Å²) in [7, 11) is -2.55. The SMILES string of the molecule is COC(=O)c1ccc(C)c(S(=O)(=O)Nc2ccc(N3CCCC3)cc2)c1. The Balaban J connectivity index is 1.83. The Morgan fingerprint density at radius 3 is 2.35 bits per heavy atom. The van der Waals surface area contributed by atoms with Crippen molar-refractivity contribution in [2.24, 2.45) is 0 Å². The number of hydrogen-bond donors (Lipinski definition) is 1. The van der Waals surface area contributed by atoms with Crippen LogP contribution in [0.5, 0.6) is 0 Å². The molecule has 0 bridgehead atoms. The first-order valence-corrected chi connectivity index (χ1v) is 9.96. The van der Waals surface area contributed by atoms with E-state index in [1.54, 1.807) is 31.2 Å². The van der Waals surface area contributed by atoms with Crippen molar-refractivity contribution in [2.75, 3.05) is 29.8 Å². The molecule has 6 nitrogen and oxygen atoms in total. The molecule has 1 aliphatic rings. The Morgan fingerprint density at radius 1 is 1.08 bits per heavy atom. The lowest BCUT2D eigenvalue weighted by atomic mass is 10.1. The zero-order valence-corrected chi connectivity index (χ0v) is 15.7. The largest absolute Gasteiger partial charge is 0.465 e. The summed E-state index contributed by atoms with van der Waals surface area (Å²) in [5.74, 6) is -0.573. The summed E-state index contributed by atoms with van der Waals surface area (Å²) in [6.07, 6.45) is 2.37. The van der Waals surface area contributed by atoms with E-state index in [9.17, 15) is 13.2 Å². The van der Waals surface area contributed by atoms with Crippen LogP contribution in [0.25, 0.3) is 0 Å². The van der Waals surface area contributed by atoms with Crippen molar-refractivity contribution < 1.29 is 17.9 Å². The van der Waals surface area contributed by atoms with Crippen LogP contribution in [0, 0.1) is 6.92 Å². The predicted molar refractivity (Wildman–Crippen MR) is 101 cm³/mol. The van der Waals surface area contributed by atoms with Crippen LogP contribution in [0.1, 0.15) is 28.8 Å². The van der Waals surface area contributed by atoms with E-state index >= 15 is 0 Å². The Kier molecular flexibility index (Phi) is 5.18. The van der Waals surface area contributed by atoms with E-state index in [-0.39, 0.29) is 10.5 Å². The van der Waals surface area contributed by atoms with Crippen LogP contribution >= 0.6 is 0 Å². The first-order valence-electron chi connectivity index (χ1n) is 8.47. The fourth-order valence-electron chi connectivity index (χ4n) is 3.06. The molecule has 138 valence electrons. The number of sulfonamides is 1. The van der Waals surface area contributed by atoms with E-state index in [4.69, 9.17) is 0 Å². The highest BCUT2D eigenvalue weighted by Crippen LogP contribution is 2.25. The molecular formula is C19H22N2O4S. The van der Waals surface area contributed by atoms with Crippen molar-refractivity contribution in [2.45, 2.75) is 24.7 Å². The standard InChI is InChI=1S/C19H22N2O4S/c1-14-5-6-15(19(22)25-2)13-18(14)26(23,24)20-16-7-9-17(10-8-16)21-11-3-4-12-21/h5-10,13,20H,3-4,11-12H2,1-2H3. The third-order valence-corrected chi connectivity index (χ3v) is 6.01. The Labute approximate surface area is 153 Å². The molecule has 0 atom stereocenters. The van der Waals surface area contributed by atoms with Crippen molar-refractivity contribution in [3.63, 3.8) is 0 Å². The van der Waals surface area contributed by atoms with Gasteiger partial charge >= 0.3 is 5.97 Å². The third kappa shape index (κ3) is 3.83. The van der Waals surface area contributed by atoms with Crippen LogP contribution in [0.2, 0.25) is 0 Å². The van der Waals surface area contributed by atoms with Gasteiger partial charge < -0.3 is 9.64 Å². The quantitative estimate of drug-likeness (QED) is 0.814. The highest BCUT2D eigenvalue weighted by molar-refractivity contribution is 7.92. The summed E-state index contributed by atoms with van der Waals surface area (Å²) in [5, 5.41) is 0. The lowest BCUT2D eigenvalue weighted by molar-refractivity contribution is 0.0600. The fourth-order valence-corrected chi connectivity index (χ4v) is 4.39. The molecule has 1 N–H and O–H groups in total. The molecule has 1 saturated heterocycles. The van der Waals surface area contributed by atoms with Crippen molar-refractivity contribution >= 4 is 27.4 Å². The lowest BCUT2D eigenvalue weighted by Crippen LogP contribution is -2.18. The molecule has 0 saturated carbocycles. The van der Waals surface area contributed by atoms with Crippen LogP contribution in [0.4, 0.5) is 11.4 Å². The number of rotatable bonds is 5. The first-order chi connectivity index (χ1) is 12.4. The average molecular weight is 374 g/mol. The van der Waals surface area contributed by atoms with Crippen LogP contribution in [-0.2, 0) is 14.8 Å². The fraction of sp³-hybridized carbons (Fsp3) is 0.316. The molecule has 1 aliphatic heterocycles. The van der Waals surface area contributed by atoms with Crippen molar-refractivity contribution in [1.82, 2.24) is 0 Å². The maximum atomic E-state index is 12.8. The van der Waals surface area contributed by atoms with Gasteiger partial charge in [0.2, 0.25) is 0 Å². The number of nitrogens with one attached hydrogen (secondary N) is 1. The summed E-state index contributed by atoms with van der Waals surface area (Å²) < 4.78 is 32.8. The highest BCUT2D eigenvalue weighted by Gasteiger charge is 2.20. The van der Waals surface area contributed by atoms with E-state index in [1.165, 1.54) is 26.0 Å². The van der Waals surface area contributed by atoms with E-state index in [2.05, 4.69) is 14.4 Å². The minimum atomic E-state index is -3.81. The first kappa shape index (κ1) is 18.3. The van der Waals surface area contributed by atoms with Crippen LogP contribution in [-0.4, -0.2) is 34.6 Å². The molecule has 0 spiro atoms. The maximum Gasteiger partial charge on any atom is 0.337 e. The van der Waals surface area contributed by atoms with Crippen molar-refractivity contribution in [3.05, 3.63) is 53.6 Å². The molecule has 0 amide bonds. The van der Waals surface area contributed by atoms with Crippen LogP contribution < -0.4 is 9.62 Å². The zero-order valence-electron chi connectivity index (χ0n) is 14.9. The molecule has 2 aromatic rings. The lowest BCUT2D eigenvalue weighted by Gasteiger charge is -2.18. The number of methoxy groups -OCH3 is 1. The van der Waals surface area contributed by atoms with Crippen molar-refractivity contribution in [1.29, 1.82) is 0 Å². The molecule has 0 aromatic heterocycles. The van der Waals surface area contributed by atoms with E-state index < -0.39 is 16.0 Å². The number of carbonyl (C=O) groups excluding carboxylic acids is 1. The van der Waals surface area contributed by atoms with Gasteiger partial charge in [0.15, 0.2) is 0 Å². The zero-order chi connectivity index (χ0) is 18.7. The van der Waals surface area contributed by atoms with Gasteiger partial charge in [-0.05, 0) is 61.7 Å². The van der Waals surface area contributed by atoms with Crippen molar-refractivity contribution in [3.8, 4) is 0 Å². The van der Waals surface area contributed by atoms with Gasteiger partial charge in [0.05, 0.1) is 17.6 Å². The predicted octanol–water partition coefficient (Wildman–Crippen LogP) is 3.18. The number of esters is 1. The van der Waals surface area contributed by atoms with E-state index in [0.717, 1.165) is 18.8 Å². The highest BCUT2D eigenvalue weighted by atomic mass is 32.2. The summed E-state index contributed by atoms with van der Waals surface area (Å²) in [5.41, 5.74) is 2.33. The number of carbonyl (C=O) groups is 1. The molecule has 2 aromatic carbocycles. The van der Waals surface area contributed by atoms with Gasteiger partial charge in [-0.15, -0.1) is 0 Å². The molecule has 0 aliphatic carbocycles. The minimum Gasteiger partial charge on any atom is -0.465 e. The smallest absolute Gasteiger partial charge is 0.337 e. The summed E-state index contributed by atoms with van der Waals surface area (Å²) in [6.45, 7) is 3.75. The molecule has 0 unspecified atom stereocenters. The summed E-state index contributed by atoms with van der Waals surface area (Å²) in [6, 6.07) is 11.8.